The van der Waals surface area contributed by atoms with E-state index < -0.39 is 25.9 Å². The molecule has 0 aliphatic carbocycles. The predicted octanol–water partition coefficient (Wildman–Crippen LogP) is 3.31. The molecule has 0 saturated heterocycles. The minimum atomic E-state index is -4.24. The number of pyridine rings is 1. The third kappa shape index (κ3) is 2.98. The van der Waals surface area contributed by atoms with Crippen LogP contribution in [0.4, 0.5) is 8.78 Å². The normalized spacial score (nSPS) is 12.1. The average molecular weight is 432 g/mol. The van der Waals surface area contributed by atoms with Crippen LogP contribution in [-0.4, -0.2) is 13.4 Å². The molecule has 0 unspecified atom stereocenters. The van der Waals surface area contributed by atoms with Crippen LogP contribution in [0.3, 0.4) is 0 Å². The van der Waals surface area contributed by atoms with Crippen LogP contribution in [0.1, 0.15) is 12.0 Å². The Kier molecular flexibility index (Phi) is 4.29. The van der Waals surface area contributed by atoms with E-state index in [-0.39, 0.29) is 8.17 Å². The van der Waals surface area contributed by atoms with Gasteiger partial charge in [-0.25, -0.2) is 22.2 Å². The quantitative estimate of drug-likeness (QED) is 0.409. The molecule has 0 aromatic carbocycles. The van der Waals surface area contributed by atoms with Crippen molar-refractivity contribution in [3.8, 4) is 0 Å². The Labute approximate surface area is 111 Å². The van der Waals surface area contributed by atoms with E-state index in [1.165, 1.54) is 22.6 Å². The van der Waals surface area contributed by atoms with Crippen molar-refractivity contribution in [2.24, 2.45) is 0 Å². The molecule has 0 aliphatic rings. The first kappa shape index (κ1) is 13.5. The minimum Gasteiger partial charge on any atom is -0.248 e. The van der Waals surface area contributed by atoms with Gasteiger partial charge in [0.2, 0.25) is 0 Å². The number of aromatic nitrogens is 1. The van der Waals surface area contributed by atoms with Crippen molar-refractivity contribution in [1.82, 2.24) is 4.98 Å². The average Bonchev–Trinajstić information content (AvgIpc) is 2.05. The van der Waals surface area contributed by atoms with Gasteiger partial charge in [-0.3, -0.25) is 0 Å². The largest absolute Gasteiger partial charge is 0.266 e. The molecule has 0 bridgehead atoms. The second-order valence-electron chi connectivity index (χ2n) is 2.38. The van der Waals surface area contributed by atoms with Crippen LogP contribution in [0.2, 0.25) is 0 Å². The topological polar surface area (TPSA) is 47.0 Å². The van der Waals surface area contributed by atoms with Gasteiger partial charge in [-0.1, -0.05) is 0 Å². The lowest BCUT2D eigenvalue weighted by Gasteiger charge is -2.09. The Balaban J connectivity index is 3.68. The zero-order chi connectivity index (χ0) is 11.8. The second-order valence-corrected chi connectivity index (χ2v) is 6.76. The van der Waals surface area contributed by atoms with Crippen LogP contribution in [-0.2, 0) is 9.05 Å². The maximum Gasteiger partial charge on any atom is 0.266 e. The summed E-state index contributed by atoms with van der Waals surface area (Å²) in [6.07, 6.45) is -1.84. The van der Waals surface area contributed by atoms with Gasteiger partial charge in [0, 0.05) is 21.4 Å². The first-order valence-corrected chi connectivity index (χ1v) is 7.50. The molecule has 0 aliphatic heterocycles. The van der Waals surface area contributed by atoms with E-state index >= 15 is 0 Å². The smallest absolute Gasteiger partial charge is 0.248 e. The summed E-state index contributed by atoms with van der Waals surface area (Å²) in [5, 5.41) is 0. The third-order valence-electron chi connectivity index (χ3n) is 1.44. The fraction of sp³-hybridized carbons (Fsp3) is 0.167. The van der Waals surface area contributed by atoms with Crippen LogP contribution >= 0.6 is 49.2 Å². The Hall–Kier alpha value is 0.460. The van der Waals surface area contributed by atoms with E-state index in [1.807, 2.05) is 0 Å². The number of nitrogens with zero attached hydrogens (tertiary/aromatic N) is 1. The van der Waals surface area contributed by atoms with Crippen molar-refractivity contribution in [2.45, 2.75) is 11.3 Å². The Bertz CT molecular complexity index is 496. The summed E-state index contributed by atoms with van der Waals surface area (Å²) in [5.41, 5.74) is -0.663. The van der Waals surface area contributed by atoms with E-state index in [9.17, 15) is 17.2 Å². The van der Waals surface area contributed by atoms with E-state index in [1.54, 1.807) is 0 Å². The zero-order valence-electron chi connectivity index (χ0n) is 6.72. The van der Waals surface area contributed by atoms with Gasteiger partial charge < -0.3 is 0 Å². The van der Waals surface area contributed by atoms with Crippen molar-refractivity contribution >= 4 is 58.3 Å². The minimum absolute atomic E-state index is 0.0823. The fourth-order valence-electron chi connectivity index (χ4n) is 0.896. The molecular weight excluding hydrogens is 430 g/mol. The van der Waals surface area contributed by atoms with Gasteiger partial charge in [0.25, 0.3) is 15.5 Å². The Morgan fingerprint density at radius 2 is 2.07 bits per heavy atom. The summed E-state index contributed by atoms with van der Waals surface area (Å²) in [6.45, 7) is 0. The van der Waals surface area contributed by atoms with Crippen molar-refractivity contribution < 1.29 is 17.2 Å². The van der Waals surface area contributed by atoms with Crippen LogP contribution in [0.15, 0.2) is 15.6 Å². The maximum atomic E-state index is 12.6. The second kappa shape index (κ2) is 4.76. The number of halogens is 5. The SMILES string of the molecule is O=S(=O)(Cl)c1c(I)ncc(Br)c1C(F)F. The number of hydrogen-bond acceptors (Lipinski definition) is 3. The molecule has 0 N–H and O–H groups in total. The summed E-state index contributed by atoms with van der Waals surface area (Å²) in [5.74, 6) is 0. The molecule has 15 heavy (non-hydrogen) atoms. The highest BCUT2D eigenvalue weighted by Crippen LogP contribution is 2.36. The van der Waals surface area contributed by atoms with Crippen LogP contribution < -0.4 is 0 Å². The van der Waals surface area contributed by atoms with Gasteiger partial charge >= 0.3 is 0 Å². The molecule has 0 fully saturated rings. The standard InChI is InChI=1S/C6H2BrClF2INO2S/c7-2-1-12-6(11)4(15(8,13)14)3(2)5(9)10/h1,5H. The lowest BCUT2D eigenvalue weighted by molar-refractivity contribution is 0.146. The van der Waals surface area contributed by atoms with Gasteiger partial charge in [0.1, 0.15) is 8.60 Å². The van der Waals surface area contributed by atoms with Crippen molar-refractivity contribution in [3.05, 3.63) is 19.9 Å². The summed E-state index contributed by atoms with van der Waals surface area (Å²) >= 11 is 4.34. The molecule has 0 radical (unpaired) electrons. The number of alkyl halides is 2. The summed E-state index contributed by atoms with van der Waals surface area (Å²) in [7, 11) is 0.819. The molecule has 0 atom stereocenters. The van der Waals surface area contributed by atoms with Crippen LogP contribution in [0.25, 0.3) is 0 Å². The lowest BCUT2D eigenvalue weighted by Crippen LogP contribution is -2.04. The van der Waals surface area contributed by atoms with Crippen LogP contribution in [0, 0.1) is 3.70 Å². The highest BCUT2D eigenvalue weighted by molar-refractivity contribution is 14.1. The first-order valence-electron chi connectivity index (χ1n) is 3.32. The Morgan fingerprint density at radius 1 is 1.53 bits per heavy atom. The van der Waals surface area contributed by atoms with E-state index in [0.717, 1.165) is 6.20 Å². The van der Waals surface area contributed by atoms with Gasteiger partial charge in [-0.15, -0.1) is 0 Å². The summed E-state index contributed by atoms with van der Waals surface area (Å²) < 4.78 is 47.3. The molecule has 9 heteroatoms. The highest BCUT2D eigenvalue weighted by Gasteiger charge is 2.28. The van der Waals surface area contributed by atoms with E-state index in [0.29, 0.717) is 0 Å². The highest BCUT2D eigenvalue weighted by atomic mass is 127. The molecule has 1 rings (SSSR count). The third-order valence-corrected chi connectivity index (χ3v) is 4.62. The van der Waals surface area contributed by atoms with Crippen molar-refractivity contribution in [2.75, 3.05) is 0 Å². The number of hydrogen-bond donors (Lipinski definition) is 0. The first-order chi connectivity index (χ1) is 6.75. The maximum absolute atomic E-state index is 12.6. The van der Waals surface area contributed by atoms with E-state index in [4.69, 9.17) is 10.7 Å². The molecule has 0 spiro atoms. The molecule has 1 aromatic rings. The zero-order valence-corrected chi connectivity index (χ0v) is 12.0. The van der Waals surface area contributed by atoms with Gasteiger partial charge in [0.15, 0.2) is 0 Å². The van der Waals surface area contributed by atoms with Crippen molar-refractivity contribution in [1.29, 1.82) is 0 Å². The molecule has 1 heterocycles. The predicted molar refractivity (Wildman–Crippen MR) is 62.6 cm³/mol. The van der Waals surface area contributed by atoms with Gasteiger partial charge in [-0.05, 0) is 38.5 Å². The monoisotopic (exact) mass is 431 g/mol. The van der Waals surface area contributed by atoms with E-state index in [2.05, 4.69) is 20.9 Å². The van der Waals surface area contributed by atoms with Gasteiger partial charge in [-0.2, -0.15) is 0 Å². The molecule has 3 nitrogen and oxygen atoms in total. The Morgan fingerprint density at radius 3 is 2.40 bits per heavy atom. The molecular formula is C6H2BrClF2INO2S. The molecule has 1 aromatic heterocycles. The molecule has 84 valence electrons. The molecule has 0 saturated carbocycles. The van der Waals surface area contributed by atoms with Crippen LogP contribution in [0.5, 0.6) is 0 Å². The summed E-state index contributed by atoms with van der Waals surface area (Å²) in [6, 6.07) is 0. The number of rotatable bonds is 2. The summed E-state index contributed by atoms with van der Waals surface area (Å²) in [4.78, 5) is 2.99. The van der Waals surface area contributed by atoms with Crippen molar-refractivity contribution in [3.63, 3.8) is 0 Å². The van der Waals surface area contributed by atoms with Gasteiger partial charge in [0.05, 0.1) is 5.56 Å². The fourth-order valence-corrected chi connectivity index (χ4v) is 4.38. The molecule has 0 amide bonds. The lowest BCUT2D eigenvalue weighted by atomic mass is 10.3.